The molecule has 0 spiro atoms. The molecule has 0 saturated heterocycles. The van der Waals surface area contributed by atoms with Gasteiger partial charge < -0.3 is 5.11 Å². The van der Waals surface area contributed by atoms with Crippen LogP contribution < -0.4 is 0 Å². The van der Waals surface area contributed by atoms with Crippen LogP contribution in [0.15, 0.2) is 12.1 Å². The average Bonchev–Trinajstić information content (AvgIpc) is 2.12. The molecule has 1 aromatic carbocycles. The maximum absolute atomic E-state index is 9.63. The molecule has 0 aliphatic carbocycles. The van der Waals surface area contributed by atoms with Crippen molar-refractivity contribution in [1.29, 1.82) is 0 Å². The van der Waals surface area contributed by atoms with Gasteiger partial charge in [-0.1, -0.05) is 19.9 Å². The number of hydrogen-bond acceptors (Lipinski definition) is 1. The predicted octanol–water partition coefficient (Wildman–Crippen LogP) is 3.52. The van der Waals surface area contributed by atoms with Gasteiger partial charge in [-0.25, -0.2) is 0 Å². The molecule has 0 aliphatic heterocycles. The second-order valence-corrected chi connectivity index (χ2v) is 3.79. The molecule has 0 aliphatic rings. The lowest BCUT2D eigenvalue weighted by Crippen LogP contribution is -1.93. The lowest BCUT2D eigenvalue weighted by atomic mass is 9.95. The minimum Gasteiger partial charge on any atom is -0.508 e. The topological polar surface area (TPSA) is 20.2 Å². The van der Waals surface area contributed by atoms with Gasteiger partial charge in [0.15, 0.2) is 0 Å². The largest absolute Gasteiger partial charge is 0.508 e. The summed E-state index contributed by atoms with van der Waals surface area (Å²) in [5.41, 5.74) is 3.41. The van der Waals surface area contributed by atoms with Crippen molar-refractivity contribution >= 4 is 0 Å². The van der Waals surface area contributed by atoms with Gasteiger partial charge in [-0.05, 0) is 48.9 Å². The average molecular weight is 178 g/mol. The van der Waals surface area contributed by atoms with E-state index in [1.54, 1.807) is 0 Å². The molecule has 0 saturated carbocycles. The molecule has 0 aromatic heterocycles. The van der Waals surface area contributed by atoms with E-state index < -0.39 is 0 Å². The number of aryl methyl sites for hydroxylation is 1. The van der Waals surface area contributed by atoms with Crippen molar-refractivity contribution in [3.05, 3.63) is 28.8 Å². The van der Waals surface area contributed by atoms with Crippen LogP contribution in [-0.2, 0) is 0 Å². The van der Waals surface area contributed by atoms with Crippen LogP contribution in [0.5, 0.6) is 5.75 Å². The lowest BCUT2D eigenvalue weighted by molar-refractivity contribution is 0.469. The van der Waals surface area contributed by atoms with E-state index in [-0.39, 0.29) is 0 Å². The number of rotatable bonds is 2. The summed E-state index contributed by atoms with van der Waals surface area (Å²) in [5, 5.41) is 9.63. The van der Waals surface area contributed by atoms with Crippen molar-refractivity contribution in [3.8, 4) is 5.75 Å². The van der Waals surface area contributed by atoms with Crippen LogP contribution in [0.1, 0.15) is 42.9 Å². The predicted molar refractivity (Wildman–Crippen MR) is 56.3 cm³/mol. The molecule has 0 fully saturated rings. The molecule has 72 valence electrons. The van der Waals surface area contributed by atoms with Crippen LogP contribution in [0.25, 0.3) is 0 Å². The van der Waals surface area contributed by atoms with Crippen molar-refractivity contribution in [1.82, 2.24) is 0 Å². The number of benzene rings is 1. The Kier molecular flexibility index (Phi) is 2.97. The van der Waals surface area contributed by atoms with E-state index in [2.05, 4.69) is 19.9 Å². The fraction of sp³-hybridized carbons (Fsp3) is 0.500. The normalized spacial score (nSPS) is 12.9. The number of aromatic hydroxyl groups is 1. The standard InChI is InChI=1S/C12H18O/c1-5-8(2)11-6-9(3)10(4)12(13)7-11/h6-8,13H,5H2,1-4H3. The minimum absolute atomic E-state index is 0.426. The number of phenolic OH excluding ortho intramolecular Hbond substituents is 1. The smallest absolute Gasteiger partial charge is 0.119 e. The summed E-state index contributed by atoms with van der Waals surface area (Å²) in [6, 6.07) is 4.06. The number of hydrogen-bond donors (Lipinski definition) is 1. The van der Waals surface area contributed by atoms with E-state index in [9.17, 15) is 5.11 Å². The summed E-state index contributed by atoms with van der Waals surface area (Å²) in [5.74, 6) is 0.959. The molecule has 1 heteroatoms. The van der Waals surface area contributed by atoms with E-state index in [0.717, 1.165) is 12.0 Å². The van der Waals surface area contributed by atoms with Crippen LogP contribution in [0.3, 0.4) is 0 Å². The van der Waals surface area contributed by atoms with Gasteiger partial charge in [-0.2, -0.15) is 0 Å². The molecule has 0 bridgehead atoms. The van der Waals surface area contributed by atoms with Gasteiger partial charge in [0.1, 0.15) is 5.75 Å². The SMILES string of the molecule is CCC(C)c1cc(C)c(C)c(O)c1. The molecular weight excluding hydrogens is 160 g/mol. The van der Waals surface area contributed by atoms with Gasteiger partial charge in [0, 0.05) is 0 Å². The highest BCUT2D eigenvalue weighted by Crippen LogP contribution is 2.27. The minimum atomic E-state index is 0.426. The molecule has 1 atom stereocenters. The monoisotopic (exact) mass is 178 g/mol. The van der Waals surface area contributed by atoms with Crippen LogP contribution >= 0.6 is 0 Å². The summed E-state index contributed by atoms with van der Waals surface area (Å²) in [6.45, 7) is 8.34. The zero-order valence-corrected chi connectivity index (χ0v) is 8.89. The maximum Gasteiger partial charge on any atom is 0.119 e. The Balaban J connectivity index is 3.13. The first-order valence-electron chi connectivity index (χ1n) is 4.86. The molecule has 1 unspecified atom stereocenters. The van der Waals surface area contributed by atoms with E-state index in [1.807, 2.05) is 19.9 Å². The third-order valence-corrected chi connectivity index (χ3v) is 2.84. The molecule has 1 nitrogen and oxygen atoms in total. The van der Waals surface area contributed by atoms with Gasteiger partial charge in [0.2, 0.25) is 0 Å². The fourth-order valence-electron chi connectivity index (χ4n) is 1.39. The first-order valence-corrected chi connectivity index (χ1v) is 4.86. The third kappa shape index (κ3) is 2.03. The molecular formula is C12H18O. The summed E-state index contributed by atoms with van der Waals surface area (Å²) in [7, 11) is 0. The van der Waals surface area contributed by atoms with E-state index in [0.29, 0.717) is 11.7 Å². The van der Waals surface area contributed by atoms with Crippen LogP contribution in [-0.4, -0.2) is 5.11 Å². The van der Waals surface area contributed by atoms with Gasteiger partial charge in [0.05, 0.1) is 0 Å². The molecule has 0 radical (unpaired) electrons. The third-order valence-electron chi connectivity index (χ3n) is 2.84. The zero-order chi connectivity index (χ0) is 10.0. The highest BCUT2D eigenvalue weighted by molar-refractivity contribution is 5.42. The zero-order valence-electron chi connectivity index (χ0n) is 8.89. The summed E-state index contributed by atoms with van der Waals surface area (Å²) in [4.78, 5) is 0. The highest BCUT2D eigenvalue weighted by atomic mass is 16.3. The Morgan fingerprint density at radius 2 is 1.92 bits per heavy atom. The van der Waals surface area contributed by atoms with Crippen LogP contribution in [0, 0.1) is 13.8 Å². The fourth-order valence-corrected chi connectivity index (χ4v) is 1.39. The van der Waals surface area contributed by atoms with E-state index in [4.69, 9.17) is 0 Å². The van der Waals surface area contributed by atoms with Gasteiger partial charge in [-0.3, -0.25) is 0 Å². The first-order chi connectivity index (χ1) is 6.06. The summed E-state index contributed by atoms with van der Waals surface area (Å²) in [6.07, 6.45) is 1.11. The summed E-state index contributed by atoms with van der Waals surface area (Å²) >= 11 is 0. The van der Waals surface area contributed by atoms with Gasteiger partial charge >= 0.3 is 0 Å². The van der Waals surface area contributed by atoms with Gasteiger partial charge in [-0.15, -0.1) is 0 Å². The molecule has 0 heterocycles. The summed E-state index contributed by atoms with van der Waals surface area (Å²) < 4.78 is 0. The van der Waals surface area contributed by atoms with Crippen molar-refractivity contribution in [2.75, 3.05) is 0 Å². The Morgan fingerprint density at radius 1 is 1.31 bits per heavy atom. The first kappa shape index (κ1) is 10.1. The van der Waals surface area contributed by atoms with Crippen molar-refractivity contribution < 1.29 is 5.11 Å². The molecule has 13 heavy (non-hydrogen) atoms. The second-order valence-electron chi connectivity index (χ2n) is 3.79. The van der Waals surface area contributed by atoms with Crippen LogP contribution in [0.2, 0.25) is 0 Å². The Bertz CT molecular complexity index is 279. The Labute approximate surface area is 80.4 Å². The molecule has 1 rings (SSSR count). The number of phenols is 1. The second kappa shape index (κ2) is 3.82. The van der Waals surface area contributed by atoms with Crippen molar-refractivity contribution in [2.45, 2.75) is 40.0 Å². The quantitative estimate of drug-likeness (QED) is 0.734. The Morgan fingerprint density at radius 3 is 2.38 bits per heavy atom. The van der Waals surface area contributed by atoms with E-state index in [1.165, 1.54) is 11.1 Å². The van der Waals surface area contributed by atoms with E-state index >= 15 is 0 Å². The van der Waals surface area contributed by atoms with Gasteiger partial charge in [0.25, 0.3) is 0 Å². The maximum atomic E-state index is 9.63. The molecule has 0 amide bonds. The molecule has 1 aromatic rings. The Hall–Kier alpha value is -0.980. The van der Waals surface area contributed by atoms with Crippen LogP contribution in [0.4, 0.5) is 0 Å². The van der Waals surface area contributed by atoms with Crippen molar-refractivity contribution in [2.24, 2.45) is 0 Å². The highest BCUT2D eigenvalue weighted by Gasteiger charge is 2.07. The molecule has 1 N–H and O–H groups in total. The lowest BCUT2D eigenvalue weighted by Gasteiger charge is -2.12. The van der Waals surface area contributed by atoms with Crippen molar-refractivity contribution in [3.63, 3.8) is 0 Å².